The fourth-order valence-electron chi connectivity index (χ4n) is 1.49. The molecule has 5 heteroatoms. The van der Waals surface area contributed by atoms with Crippen molar-refractivity contribution in [1.29, 1.82) is 0 Å². The van der Waals surface area contributed by atoms with Gasteiger partial charge in [0.25, 0.3) is 0 Å². The van der Waals surface area contributed by atoms with E-state index >= 15 is 0 Å². The van der Waals surface area contributed by atoms with E-state index in [1.807, 2.05) is 0 Å². The molecular formula is C10H12ClNO2S. The number of hydrogen-bond donors (Lipinski definition) is 1. The summed E-state index contributed by atoms with van der Waals surface area (Å²) in [6, 6.07) is 7.00. The van der Waals surface area contributed by atoms with E-state index in [2.05, 4.69) is 5.32 Å². The zero-order chi connectivity index (χ0) is 10.9. The molecule has 0 spiro atoms. The number of hydrogen-bond acceptors (Lipinski definition) is 3. The molecule has 0 bridgehead atoms. The van der Waals surface area contributed by atoms with E-state index in [0.29, 0.717) is 18.1 Å². The fourth-order valence-corrected chi connectivity index (χ4v) is 3.33. The Morgan fingerprint density at radius 2 is 2.13 bits per heavy atom. The van der Waals surface area contributed by atoms with E-state index in [-0.39, 0.29) is 11.0 Å². The fraction of sp³-hybridized carbons (Fsp3) is 0.400. The highest BCUT2D eigenvalue weighted by molar-refractivity contribution is 7.91. The van der Waals surface area contributed by atoms with Crippen LogP contribution in [0.4, 0.5) is 0 Å². The lowest BCUT2D eigenvalue weighted by Gasteiger charge is -2.26. The standard InChI is InChI=1S/C10H12ClNO2S/c11-9-3-1-2-8(4-9)7-15(13,14)10-5-12-6-10/h1-4,10,12H,5-7H2. The van der Waals surface area contributed by atoms with Gasteiger partial charge in [0.2, 0.25) is 0 Å². The van der Waals surface area contributed by atoms with E-state index in [4.69, 9.17) is 11.6 Å². The van der Waals surface area contributed by atoms with Crippen molar-refractivity contribution in [3.63, 3.8) is 0 Å². The Bertz CT molecular complexity index is 454. The molecule has 2 rings (SSSR count). The van der Waals surface area contributed by atoms with Crippen molar-refractivity contribution in [3.05, 3.63) is 34.9 Å². The smallest absolute Gasteiger partial charge is 0.159 e. The first kappa shape index (κ1) is 10.9. The van der Waals surface area contributed by atoms with Crippen LogP contribution < -0.4 is 5.32 Å². The summed E-state index contributed by atoms with van der Waals surface area (Å²) in [4.78, 5) is 0. The molecule has 3 nitrogen and oxygen atoms in total. The first-order valence-electron chi connectivity index (χ1n) is 4.75. The minimum Gasteiger partial charge on any atom is -0.314 e. The van der Waals surface area contributed by atoms with Crippen molar-refractivity contribution in [3.8, 4) is 0 Å². The maximum atomic E-state index is 11.8. The van der Waals surface area contributed by atoms with Crippen molar-refractivity contribution in [2.24, 2.45) is 0 Å². The normalized spacial score (nSPS) is 17.4. The highest BCUT2D eigenvalue weighted by Gasteiger charge is 2.30. The van der Waals surface area contributed by atoms with Crippen LogP contribution in [-0.2, 0) is 15.6 Å². The van der Waals surface area contributed by atoms with Crippen molar-refractivity contribution >= 4 is 21.4 Å². The molecule has 0 amide bonds. The van der Waals surface area contributed by atoms with Crippen LogP contribution in [0.2, 0.25) is 5.02 Å². The third kappa shape index (κ3) is 2.51. The van der Waals surface area contributed by atoms with Crippen molar-refractivity contribution < 1.29 is 8.42 Å². The van der Waals surface area contributed by atoms with E-state index in [1.165, 1.54) is 0 Å². The summed E-state index contributed by atoms with van der Waals surface area (Å²) in [6.45, 7) is 1.14. The minimum absolute atomic E-state index is 0.0832. The Kier molecular flexibility index (Phi) is 3.00. The molecule has 1 saturated heterocycles. The molecule has 1 heterocycles. The maximum Gasteiger partial charge on any atom is 0.159 e. The van der Waals surface area contributed by atoms with Crippen LogP contribution in [0.25, 0.3) is 0 Å². The molecule has 0 aromatic heterocycles. The predicted octanol–water partition coefficient (Wildman–Crippen LogP) is 1.23. The molecule has 1 N–H and O–H groups in total. The molecule has 0 radical (unpaired) electrons. The molecular weight excluding hydrogens is 234 g/mol. The highest BCUT2D eigenvalue weighted by atomic mass is 35.5. The zero-order valence-electron chi connectivity index (χ0n) is 8.11. The van der Waals surface area contributed by atoms with E-state index in [1.54, 1.807) is 24.3 Å². The Morgan fingerprint density at radius 3 is 2.67 bits per heavy atom. The molecule has 15 heavy (non-hydrogen) atoms. The number of halogens is 1. The van der Waals surface area contributed by atoms with Crippen LogP contribution in [0.5, 0.6) is 0 Å². The van der Waals surface area contributed by atoms with Gasteiger partial charge in [-0.1, -0.05) is 23.7 Å². The van der Waals surface area contributed by atoms with Gasteiger partial charge < -0.3 is 5.32 Å². The van der Waals surface area contributed by atoms with Gasteiger partial charge in [-0.05, 0) is 17.7 Å². The first-order valence-corrected chi connectivity index (χ1v) is 6.84. The number of benzene rings is 1. The molecule has 0 unspecified atom stereocenters. The lowest BCUT2D eigenvalue weighted by atomic mass is 10.2. The highest BCUT2D eigenvalue weighted by Crippen LogP contribution is 2.17. The van der Waals surface area contributed by atoms with Gasteiger partial charge in [0.1, 0.15) is 0 Å². The molecule has 1 aliphatic heterocycles. The lowest BCUT2D eigenvalue weighted by Crippen LogP contribution is -2.51. The Morgan fingerprint density at radius 1 is 1.40 bits per heavy atom. The summed E-state index contributed by atoms with van der Waals surface area (Å²) >= 11 is 5.79. The summed E-state index contributed by atoms with van der Waals surface area (Å²) in [5, 5.41) is 3.31. The van der Waals surface area contributed by atoms with Gasteiger partial charge in [0.05, 0.1) is 11.0 Å². The Balaban J connectivity index is 2.14. The Labute approximate surface area is 94.4 Å². The van der Waals surface area contributed by atoms with Gasteiger partial charge in [-0.3, -0.25) is 0 Å². The van der Waals surface area contributed by atoms with Crippen LogP contribution in [0.3, 0.4) is 0 Å². The second kappa shape index (κ2) is 4.12. The van der Waals surface area contributed by atoms with Crippen LogP contribution in [0.15, 0.2) is 24.3 Å². The van der Waals surface area contributed by atoms with Gasteiger partial charge in [-0.2, -0.15) is 0 Å². The predicted molar refractivity (Wildman–Crippen MR) is 60.7 cm³/mol. The largest absolute Gasteiger partial charge is 0.314 e. The Hall–Kier alpha value is -0.580. The van der Waals surface area contributed by atoms with Crippen molar-refractivity contribution in [1.82, 2.24) is 5.32 Å². The minimum atomic E-state index is -3.01. The van der Waals surface area contributed by atoms with E-state index in [9.17, 15) is 8.42 Å². The van der Waals surface area contributed by atoms with Crippen LogP contribution >= 0.6 is 11.6 Å². The second-order valence-corrected chi connectivity index (χ2v) is 6.43. The molecule has 0 aliphatic carbocycles. The summed E-state index contributed by atoms with van der Waals surface area (Å²) in [6.07, 6.45) is 0. The quantitative estimate of drug-likeness (QED) is 0.871. The average molecular weight is 246 g/mol. The maximum absolute atomic E-state index is 11.8. The average Bonchev–Trinajstić information content (AvgIpc) is 1.97. The molecule has 0 saturated carbocycles. The summed E-state index contributed by atoms with van der Waals surface area (Å²) < 4.78 is 23.6. The van der Waals surface area contributed by atoms with Gasteiger partial charge in [-0.25, -0.2) is 8.42 Å². The molecule has 82 valence electrons. The number of rotatable bonds is 3. The topological polar surface area (TPSA) is 46.2 Å². The third-order valence-corrected chi connectivity index (χ3v) is 4.83. The van der Waals surface area contributed by atoms with E-state index in [0.717, 1.165) is 5.56 Å². The second-order valence-electron chi connectivity index (χ2n) is 3.72. The lowest BCUT2D eigenvalue weighted by molar-refractivity contribution is 0.495. The SMILES string of the molecule is O=S(=O)(Cc1cccc(Cl)c1)C1CNC1. The molecule has 1 aromatic rings. The monoisotopic (exact) mass is 245 g/mol. The van der Waals surface area contributed by atoms with Crippen molar-refractivity contribution in [2.45, 2.75) is 11.0 Å². The third-order valence-electron chi connectivity index (χ3n) is 2.51. The summed E-state index contributed by atoms with van der Waals surface area (Å²) in [5.74, 6) is 0.0832. The van der Waals surface area contributed by atoms with Crippen LogP contribution in [0.1, 0.15) is 5.56 Å². The van der Waals surface area contributed by atoms with Gasteiger partial charge in [-0.15, -0.1) is 0 Å². The van der Waals surface area contributed by atoms with Crippen LogP contribution in [0, 0.1) is 0 Å². The summed E-state index contributed by atoms with van der Waals surface area (Å²) in [7, 11) is -3.01. The number of nitrogens with one attached hydrogen (secondary N) is 1. The van der Waals surface area contributed by atoms with Gasteiger partial charge >= 0.3 is 0 Å². The molecule has 1 aliphatic rings. The van der Waals surface area contributed by atoms with Crippen molar-refractivity contribution in [2.75, 3.05) is 13.1 Å². The summed E-state index contributed by atoms with van der Waals surface area (Å²) in [5.41, 5.74) is 0.759. The molecule has 1 aromatic carbocycles. The van der Waals surface area contributed by atoms with Gasteiger partial charge in [0.15, 0.2) is 9.84 Å². The van der Waals surface area contributed by atoms with Gasteiger partial charge in [0, 0.05) is 18.1 Å². The van der Waals surface area contributed by atoms with E-state index < -0.39 is 9.84 Å². The first-order chi connectivity index (χ1) is 7.08. The number of sulfone groups is 1. The molecule has 1 fully saturated rings. The van der Waals surface area contributed by atoms with Crippen LogP contribution in [-0.4, -0.2) is 26.8 Å². The molecule has 0 atom stereocenters. The zero-order valence-corrected chi connectivity index (χ0v) is 9.68.